The molecule has 3 nitrogen and oxygen atoms in total. The quantitative estimate of drug-likeness (QED) is 0.776. The Morgan fingerprint density at radius 1 is 1.50 bits per heavy atom. The molecule has 1 rings (SSSR count). The van der Waals surface area contributed by atoms with E-state index in [4.69, 9.17) is 11.6 Å². The van der Waals surface area contributed by atoms with E-state index < -0.39 is 0 Å². The molecule has 0 saturated heterocycles. The number of pyridine rings is 1. The molecular formula is C10H13ClN2O. The highest BCUT2D eigenvalue weighted by atomic mass is 35.5. The number of amides is 1. The highest BCUT2D eigenvalue weighted by Crippen LogP contribution is 2.14. The average Bonchev–Trinajstić information content (AvgIpc) is 2.01. The summed E-state index contributed by atoms with van der Waals surface area (Å²) in [7, 11) is 0. The predicted molar refractivity (Wildman–Crippen MR) is 56.5 cm³/mol. The van der Waals surface area contributed by atoms with E-state index in [1.807, 2.05) is 20.8 Å². The second kappa shape index (κ2) is 3.96. The van der Waals surface area contributed by atoms with Crippen molar-refractivity contribution in [3.05, 3.63) is 29.0 Å². The van der Waals surface area contributed by atoms with Crippen LogP contribution in [0.25, 0.3) is 0 Å². The van der Waals surface area contributed by atoms with Crippen molar-refractivity contribution in [2.45, 2.75) is 26.3 Å². The first kappa shape index (κ1) is 11.0. The minimum Gasteiger partial charge on any atom is -0.347 e. The molecule has 0 aliphatic rings. The molecular weight excluding hydrogens is 200 g/mol. The first-order chi connectivity index (χ1) is 6.40. The van der Waals surface area contributed by atoms with Crippen LogP contribution < -0.4 is 5.32 Å². The third-order valence-corrected chi connectivity index (χ3v) is 1.83. The zero-order valence-electron chi connectivity index (χ0n) is 8.47. The minimum atomic E-state index is -0.268. The Morgan fingerprint density at radius 2 is 2.14 bits per heavy atom. The van der Waals surface area contributed by atoms with Gasteiger partial charge in [-0.05, 0) is 26.8 Å². The van der Waals surface area contributed by atoms with Crippen molar-refractivity contribution in [3.63, 3.8) is 0 Å². The summed E-state index contributed by atoms with van der Waals surface area (Å²) in [5, 5.41) is 3.23. The van der Waals surface area contributed by atoms with Gasteiger partial charge in [-0.1, -0.05) is 11.6 Å². The van der Waals surface area contributed by atoms with Gasteiger partial charge in [-0.25, -0.2) is 0 Å². The highest BCUT2D eigenvalue weighted by Gasteiger charge is 2.17. The van der Waals surface area contributed by atoms with E-state index >= 15 is 0 Å². The molecule has 1 N–H and O–H groups in total. The molecule has 76 valence electrons. The maximum Gasteiger partial charge on any atom is 0.254 e. The van der Waals surface area contributed by atoms with Crippen LogP contribution in [0.2, 0.25) is 5.02 Å². The van der Waals surface area contributed by atoms with Gasteiger partial charge in [0.25, 0.3) is 5.91 Å². The fourth-order valence-electron chi connectivity index (χ4n) is 0.952. The fraction of sp³-hybridized carbons (Fsp3) is 0.400. The van der Waals surface area contributed by atoms with Gasteiger partial charge in [0.15, 0.2) is 0 Å². The lowest BCUT2D eigenvalue weighted by Gasteiger charge is -2.20. The van der Waals surface area contributed by atoms with Crippen molar-refractivity contribution in [1.82, 2.24) is 10.3 Å². The Morgan fingerprint density at radius 3 is 2.64 bits per heavy atom. The van der Waals surface area contributed by atoms with Crippen LogP contribution in [0, 0.1) is 0 Å². The van der Waals surface area contributed by atoms with Crippen molar-refractivity contribution >= 4 is 17.5 Å². The number of carbonyl (C=O) groups is 1. The van der Waals surface area contributed by atoms with E-state index in [9.17, 15) is 4.79 Å². The number of hydrogen-bond donors (Lipinski definition) is 1. The van der Waals surface area contributed by atoms with Crippen LogP contribution in [0.15, 0.2) is 18.5 Å². The Hall–Kier alpha value is -1.09. The van der Waals surface area contributed by atoms with Gasteiger partial charge in [0.1, 0.15) is 0 Å². The number of carbonyl (C=O) groups excluding carboxylic acids is 1. The van der Waals surface area contributed by atoms with Gasteiger partial charge in [-0.2, -0.15) is 0 Å². The third kappa shape index (κ3) is 3.00. The number of nitrogens with one attached hydrogen (secondary N) is 1. The average molecular weight is 213 g/mol. The molecule has 0 spiro atoms. The molecule has 1 aromatic rings. The van der Waals surface area contributed by atoms with Crippen molar-refractivity contribution in [2.75, 3.05) is 0 Å². The summed E-state index contributed by atoms with van der Waals surface area (Å²) in [5.74, 6) is -0.199. The summed E-state index contributed by atoms with van der Waals surface area (Å²) in [6.45, 7) is 5.74. The topological polar surface area (TPSA) is 42.0 Å². The second-order valence-corrected chi connectivity index (χ2v) is 4.47. The Labute approximate surface area is 88.5 Å². The highest BCUT2D eigenvalue weighted by molar-refractivity contribution is 6.33. The van der Waals surface area contributed by atoms with E-state index in [2.05, 4.69) is 10.3 Å². The molecule has 0 unspecified atom stereocenters. The summed E-state index contributed by atoms with van der Waals surface area (Å²) < 4.78 is 0. The second-order valence-electron chi connectivity index (χ2n) is 4.06. The van der Waals surface area contributed by atoms with Crippen LogP contribution in [0.4, 0.5) is 0 Å². The first-order valence-corrected chi connectivity index (χ1v) is 4.70. The third-order valence-electron chi connectivity index (χ3n) is 1.50. The number of rotatable bonds is 1. The molecule has 0 aromatic carbocycles. The summed E-state index contributed by atoms with van der Waals surface area (Å²) >= 11 is 5.85. The molecule has 0 radical (unpaired) electrons. The van der Waals surface area contributed by atoms with Gasteiger partial charge in [-0.15, -0.1) is 0 Å². The van der Waals surface area contributed by atoms with Gasteiger partial charge in [0.05, 0.1) is 10.6 Å². The zero-order chi connectivity index (χ0) is 10.8. The lowest BCUT2D eigenvalue weighted by Crippen LogP contribution is -2.40. The molecule has 0 saturated carbocycles. The monoisotopic (exact) mass is 212 g/mol. The van der Waals surface area contributed by atoms with Crippen molar-refractivity contribution in [1.29, 1.82) is 0 Å². The van der Waals surface area contributed by atoms with Crippen LogP contribution in [-0.4, -0.2) is 16.4 Å². The molecule has 0 aliphatic carbocycles. The molecule has 1 amide bonds. The van der Waals surface area contributed by atoms with Crippen molar-refractivity contribution in [3.8, 4) is 0 Å². The smallest absolute Gasteiger partial charge is 0.254 e. The lowest BCUT2D eigenvalue weighted by atomic mass is 10.1. The summed E-state index contributed by atoms with van der Waals surface area (Å²) in [5.41, 5.74) is 0.139. The SMILES string of the molecule is CC(C)(C)NC(=O)c1cnccc1Cl. The summed E-state index contributed by atoms with van der Waals surface area (Å²) in [6, 6.07) is 1.60. The largest absolute Gasteiger partial charge is 0.347 e. The Bertz CT molecular complexity index is 344. The molecule has 14 heavy (non-hydrogen) atoms. The van der Waals surface area contributed by atoms with Crippen molar-refractivity contribution < 1.29 is 4.79 Å². The van der Waals surface area contributed by atoms with Gasteiger partial charge in [-0.3, -0.25) is 9.78 Å². The molecule has 4 heteroatoms. The van der Waals surface area contributed by atoms with E-state index in [0.717, 1.165) is 0 Å². The van der Waals surface area contributed by atoms with Gasteiger partial charge in [0.2, 0.25) is 0 Å². The van der Waals surface area contributed by atoms with Gasteiger partial charge >= 0.3 is 0 Å². The number of nitrogens with zero attached hydrogens (tertiary/aromatic N) is 1. The van der Waals surface area contributed by atoms with Crippen LogP contribution in [-0.2, 0) is 0 Å². The van der Waals surface area contributed by atoms with Crippen LogP contribution in [0.3, 0.4) is 0 Å². The van der Waals surface area contributed by atoms with Crippen LogP contribution in [0.5, 0.6) is 0 Å². The number of hydrogen-bond acceptors (Lipinski definition) is 2. The molecule has 1 aromatic heterocycles. The van der Waals surface area contributed by atoms with E-state index in [-0.39, 0.29) is 11.4 Å². The fourth-order valence-corrected chi connectivity index (χ4v) is 1.14. The maximum absolute atomic E-state index is 11.6. The molecule has 0 atom stereocenters. The number of halogens is 1. The number of aromatic nitrogens is 1. The molecule has 0 bridgehead atoms. The van der Waals surface area contributed by atoms with E-state index in [1.165, 1.54) is 6.20 Å². The maximum atomic E-state index is 11.6. The lowest BCUT2D eigenvalue weighted by molar-refractivity contribution is 0.0919. The zero-order valence-corrected chi connectivity index (χ0v) is 9.22. The van der Waals surface area contributed by atoms with E-state index in [1.54, 1.807) is 12.3 Å². The molecule has 0 aliphatic heterocycles. The summed E-state index contributed by atoms with van der Waals surface area (Å²) in [6.07, 6.45) is 3.01. The Balaban J connectivity index is 2.86. The molecule has 0 fully saturated rings. The van der Waals surface area contributed by atoms with E-state index in [0.29, 0.717) is 10.6 Å². The van der Waals surface area contributed by atoms with Crippen LogP contribution >= 0.6 is 11.6 Å². The van der Waals surface area contributed by atoms with Gasteiger partial charge in [0, 0.05) is 17.9 Å². The normalized spacial score (nSPS) is 11.1. The summed E-state index contributed by atoms with van der Waals surface area (Å²) in [4.78, 5) is 15.5. The molecule has 1 heterocycles. The predicted octanol–water partition coefficient (Wildman–Crippen LogP) is 2.26. The first-order valence-electron chi connectivity index (χ1n) is 4.32. The van der Waals surface area contributed by atoms with Crippen molar-refractivity contribution in [2.24, 2.45) is 0 Å². The minimum absolute atomic E-state index is 0.199. The van der Waals surface area contributed by atoms with Crippen LogP contribution in [0.1, 0.15) is 31.1 Å². The Kier molecular flexibility index (Phi) is 3.11. The van der Waals surface area contributed by atoms with Gasteiger partial charge < -0.3 is 5.32 Å². The standard InChI is InChI=1S/C10H13ClN2O/c1-10(2,3)13-9(14)7-6-12-5-4-8(7)11/h4-6H,1-3H3,(H,13,14).